The normalized spacial score (nSPS) is 12.1. The molecule has 0 aliphatic carbocycles. The maximum atomic E-state index is 13.4. The first kappa shape index (κ1) is 14.8. The van der Waals surface area contributed by atoms with Crippen molar-refractivity contribution in [2.45, 2.75) is 19.4 Å². The molecule has 0 saturated carbocycles. The average molecular weight is 290 g/mol. The molecule has 0 saturated heterocycles. The molecular formula is C14H19FN6. The third kappa shape index (κ3) is 3.50. The number of nitrogens with zero attached hydrogens (tertiary/aromatic N) is 1. The predicted octanol–water partition coefficient (Wildman–Crippen LogP) is 1.26. The van der Waals surface area contributed by atoms with Gasteiger partial charge in [-0.3, -0.25) is 16.1 Å². The maximum absolute atomic E-state index is 13.4. The van der Waals surface area contributed by atoms with E-state index in [1.165, 1.54) is 12.1 Å². The van der Waals surface area contributed by atoms with Gasteiger partial charge < -0.3 is 15.6 Å². The second kappa shape index (κ2) is 5.82. The molecule has 0 fully saturated rings. The molecule has 2 rings (SSSR count). The van der Waals surface area contributed by atoms with Crippen LogP contribution in [0.5, 0.6) is 0 Å². The van der Waals surface area contributed by atoms with Crippen LogP contribution in [0.25, 0.3) is 10.9 Å². The molecule has 112 valence electrons. The lowest BCUT2D eigenvalue weighted by Crippen LogP contribution is -2.47. The highest BCUT2D eigenvalue weighted by Gasteiger charge is 2.12. The van der Waals surface area contributed by atoms with Gasteiger partial charge in [-0.05, 0) is 37.1 Å². The summed E-state index contributed by atoms with van der Waals surface area (Å²) >= 11 is 0. The zero-order chi connectivity index (χ0) is 15.6. The highest BCUT2D eigenvalue weighted by molar-refractivity contribution is 5.95. The SMILES string of the molecule is CC(Cc1cn(C)c2ccc(F)cc12)NC(=N)NC(=N)N. The Morgan fingerprint density at radius 1 is 1.43 bits per heavy atom. The predicted molar refractivity (Wildman–Crippen MR) is 82.0 cm³/mol. The van der Waals surface area contributed by atoms with E-state index >= 15 is 0 Å². The molecule has 21 heavy (non-hydrogen) atoms. The summed E-state index contributed by atoms with van der Waals surface area (Å²) in [6, 6.07) is 4.67. The van der Waals surface area contributed by atoms with Crippen molar-refractivity contribution in [3.05, 3.63) is 35.8 Å². The van der Waals surface area contributed by atoms with Gasteiger partial charge in [0.25, 0.3) is 0 Å². The van der Waals surface area contributed by atoms with Crippen LogP contribution in [0.1, 0.15) is 12.5 Å². The van der Waals surface area contributed by atoms with E-state index < -0.39 is 0 Å². The number of fused-ring (bicyclic) bond motifs is 1. The molecule has 1 aromatic heterocycles. The molecule has 6 nitrogen and oxygen atoms in total. The summed E-state index contributed by atoms with van der Waals surface area (Å²) in [7, 11) is 1.92. The average Bonchev–Trinajstić information content (AvgIpc) is 2.64. The minimum atomic E-state index is -0.285. The van der Waals surface area contributed by atoms with Crippen molar-refractivity contribution in [3.8, 4) is 0 Å². The van der Waals surface area contributed by atoms with Gasteiger partial charge >= 0.3 is 0 Å². The van der Waals surface area contributed by atoms with Crippen LogP contribution in [0.15, 0.2) is 24.4 Å². The molecule has 0 bridgehead atoms. The first-order valence-corrected chi connectivity index (χ1v) is 6.56. The van der Waals surface area contributed by atoms with Crippen LogP contribution < -0.4 is 16.4 Å². The van der Waals surface area contributed by atoms with Crippen LogP contribution in [0.3, 0.4) is 0 Å². The number of hydrogen-bond donors (Lipinski definition) is 5. The van der Waals surface area contributed by atoms with Crippen molar-refractivity contribution in [1.82, 2.24) is 15.2 Å². The van der Waals surface area contributed by atoms with Crippen molar-refractivity contribution in [2.75, 3.05) is 0 Å². The van der Waals surface area contributed by atoms with Gasteiger partial charge in [0.2, 0.25) is 0 Å². The van der Waals surface area contributed by atoms with E-state index in [2.05, 4.69) is 10.6 Å². The quantitative estimate of drug-likeness (QED) is 0.434. The fourth-order valence-corrected chi connectivity index (χ4v) is 2.41. The summed E-state index contributed by atoms with van der Waals surface area (Å²) in [6.45, 7) is 1.91. The van der Waals surface area contributed by atoms with Crippen molar-refractivity contribution < 1.29 is 4.39 Å². The van der Waals surface area contributed by atoms with E-state index in [1.807, 2.05) is 24.7 Å². The number of nitrogens with one attached hydrogen (secondary N) is 4. The lowest BCUT2D eigenvalue weighted by molar-refractivity contribution is 0.628. The van der Waals surface area contributed by atoms with Crippen molar-refractivity contribution in [1.29, 1.82) is 10.8 Å². The monoisotopic (exact) mass is 290 g/mol. The fourth-order valence-electron chi connectivity index (χ4n) is 2.41. The van der Waals surface area contributed by atoms with Crippen LogP contribution in [0.2, 0.25) is 0 Å². The fraction of sp³-hybridized carbons (Fsp3) is 0.286. The molecule has 7 heteroatoms. The van der Waals surface area contributed by atoms with Crippen LogP contribution in [0, 0.1) is 16.6 Å². The molecule has 1 atom stereocenters. The number of aryl methyl sites for hydroxylation is 1. The number of rotatable bonds is 3. The lowest BCUT2D eigenvalue weighted by atomic mass is 10.1. The van der Waals surface area contributed by atoms with Crippen LogP contribution in [-0.2, 0) is 13.5 Å². The smallest absolute Gasteiger partial charge is 0.195 e. The molecule has 6 N–H and O–H groups in total. The van der Waals surface area contributed by atoms with Gasteiger partial charge in [-0.2, -0.15) is 0 Å². The maximum Gasteiger partial charge on any atom is 0.195 e. The zero-order valence-electron chi connectivity index (χ0n) is 12.0. The van der Waals surface area contributed by atoms with E-state index in [0.717, 1.165) is 16.5 Å². The number of hydrogen-bond acceptors (Lipinski definition) is 2. The van der Waals surface area contributed by atoms with Crippen LogP contribution in [0.4, 0.5) is 4.39 Å². The molecule has 0 spiro atoms. The molecule has 1 unspecified atom stereocenters. The largest absolute Gasteiger partial charge is 0.370 e. The Kier molecular flexibility index (Phi) is 4.11. The van der Waals surface area contributed by atoms with Gasteiger partial charge in [-0.25, -0.2) is 4.39 Å². The third-order valence-electron chi connectivity index (χ3n) is 3.21. The van der Waals surface area contributed by atoms with E-state index in [1.54, 1.807) is 6.07 Å². The summed E-state index contributed by atoms with van der Waals surface area (Å²) in [5.41, 5.74) is 7.13. The highest BCUT2D eigenvalue weighted by Crippen LogP contribution is 2.22. The van der Waals surface area contributed by atoms with Gasteiger partial charge in [-0.1, -0.05) is 0 Å². The van der Waals surface area contributed by atoms with Gasteiger partial charge in [0, 0.05) is 30.2 Å². The molecule has 1 heterocycles. The summed E-state index contributed by atoms with van der Waals surface area (Å²) in [4.78, 5) is 0. The molecular weight excluding hydrogens is 271 g/mol. The van der Waals surface area contributed by atoms with Crippen molar-refractivity contribution in [3.63, 3.8) is 0 Å². The number of nitrogens with two attached hydrogens (primary N) is 1. The Labute approximate surface area is 122 Å². The van der Waals surface area contributed by atoms with Gasteiger partial charge in [0.15, 0.2) is 11.9 Å². The molecule has 1 aromatic carbocycles. The summed E-state index contributed by atoms with van der Waals surface area (Å²) in [6.07, 6.45) is 2.59. The molecule has 0 aliphatic rings. The topological polar surface area (TPSA) is 103 Å². The van der Waals surface area contributed by atoms with E-state index in [4.69, 9.17) is 16.6 Å². The third-order valence-corrected chi connectivity index (χ3v) is 3.21. The van der Waals surface area contributed by atoms with Crippen LogP contribution >= 0.6 is 0 Å². The molecule has 0 amide bonds. The summed E-state index contributed by atoms with van der Waals surface area (Å²) in [5, 5.41) is 20.8. The Morgan fingerprint density at radius 3 is 2.81 bits per heavy atom. The minimum Gasteiger partial charge on any atom is -0.370 e. The Bertz CT molecular complexity index is 690. The standard InChI is InChI=1S/C14H19FN6/c1-8(19-14(18)20-13(16)17)5-9-7-21(2)12-4-3-10(15)6-11(9)12/h3-4,6-8H,5H2,1-2H3,(H6,16,17,18,19,20). The van der Waals surface area contributed by atoms with Gasteiger partial charge in [0.1, 0.15) is 5.82 Å². The summed E-state index contributed by atoms with van der Waals surface area (Å²) < 4.78 is 15.4. The Balaban J connectivity index is 2.14. The lowest BCUT2D eigenvalue weighted by Gasteiger charge is -2.15. The number of aromatic nitrogens is 1. The molecule has 0 radical (unpaired) electrons. The second-order valence-corrected chi connectivity index (χ2v) is 5.09. The molecule has 0 aliphatic heterocycles. The van der Waals surface area contributed by atoms with Crippen molar-refractivity contribution >= 4 is 22.8 Å². The van der Waals surface area contributed by atoms with Crippen molar-refractivity contribution in [2.24, 2.45) is 12.8 Å². The van der Waals surface area contributed by atoms with E-state index in [0.29, 0.717) is 6.42 Å². The van der Waals surface area contributed by atoms with Gasteiger partial charge in [0.05, 0.1) is 0 Å². The van der Waals surface area contributed by atoms with Crippen LogP contribution in [-0.4, -0.2) is 22.5 Å². The Morgan fingerprint density at radius 2 is 2.14 bits per heavy atom. The minimum absolute atomic E-state index is 0.0265. The van der Waals surface area contributed by atoms with Gasteiger partial charge in [-0.15, -0.1) is 0 Å². The van der Waals surface area contributed by atoms with E-state index in [9.17, 15) is 4.39 Å². The first-order valence-electron chi connectivity index (χ1n) is 6.56. The second-order valence-electron chi connectivity index (χ2n) is 5.09. The summed E-state index contributed by atoms with van der Waals surface area (Å²) in [5.74, 6) is -0.574. The highest BCUT2D eigenvalue weighted by atomic mass is 19.1. The number of guanidine groups is 2. The zero-order valence-corrected chi connectivity index (χ0v) is 12.0. The van der Waals surface area contributed by atoms with E-state index in [-0.39, 0.29) is 23.8 Å². The Hall–Kier alpha value is -2.57. The number of benzene rings is 1. The number of halogens is 1. The molecule has 2 aromatic rings. The first-order chi connectivity index (χ1) is 9.86.